The molecule has 140 valence electrons. The van der Waals surface area contributed by atoms with Crippen LogP contribution in [0.1, 0.15) is 28.2 Å². The summed E-state index contributed by atoms with van der Waals surface area (Å²) in [4.78, 5) is 19.8. The number of thiophene rings is 1. The van der Waals surface area contributed by atoms with Gasteiger partial charge >= 0.3 is 0 Å². The third-order valence-electron chi connectivity index (χ3n) is 4.79. The lowest BCUT2D eigenvalue weighted by atomic mass is 10.2. The van der Waals surface area contributed by atoms with Gasteiger partial charge in [0.25, 0.3) is 0 Å². The Kier molecular flexibility index (Phi) is 7.23. The van der Waals surface area contributed by atoms with Crippen LogP contribution in [0.25, 0.3) is 0 Å². The monoisotopic (exact) mass is 371 g/mol. The van der Waals surface area contributed by atoms with Crippen molar-refractivity contribution >= 4 is 17.2 Å². The highest BCUT2D eigenvalue weighted by atomic mass is 32.1. The van der Waals surface area contributed by atoms with Crippen molar-refractivity contribution in [2.24, 2.45) is 0 Å². The summed E-state index contributed by atoms with van der Waals surface area (Å²) in [5.74, 6) is 0.168. The lowest BCUT2D eigenvalue weighted by molar-refractivity contribution is -0.131. The number of likely N-dealkylation sites (tertiary alicyclic amines) is 1. The van der Waals surface area contributed by atoms with E-state index in [9.17, 15) is 4.79 Å². The summed E-state index contributed by atoms with van der Waals surface area (Å²) < 4.78 is 0. The van der Waals surface area contributed by atoms with Crippen molar-refractivity contribution in [2.75, 3.05) is 32.7 Å². The minimum atomic E-state index is 0.168. The molecule has 0 saturated carbocycles. The van der Waals surface area contributed by atoms with Crippen molar-refractivity contribution in [3.8, 4) is 0 Å². The quantitative estimate of drug-likeness (QED) is 0.687. The van der Waals surface area contributed by atoms with Gasteiger partial charge in [0.15, 0.2) is 0 Å². The van der Waals surface area contributed by atoms with E-state index < -0.39 is 0 Å². The molecule has 1 aliphatic heterocycles. The minimum absolute atomic E-state index is 0.168. The minimum Gasteiger partial charge on any atom is -0.332 e. The van der Waals surface area contributed by atoms with Crippen molar-refractivity contribution in [2.45, 2.75) is 32.9 Å². The highest BCUT2D eigenvalue weighted by Gasteiger charge is 2.16. The smallest absolute Gasteiger partial charge is 0.237 e. The predicted octanol–water partition coefficient (Wildman–Crippen LogP) is 3.27. The lowest BCUT2D eigenvalue weighted by Crippen LogP contribution is -2.39. The maximum Gasteiger partial charge on any atom is 0.237 e. The Morgan fingerprint density at radius 3 is 2.58 bits per heavy atom. The molecular weight excluding hydrogens is 342 g/mol. The van der Waals surface area contributed by atoms with Crippen LogP contribution in [0.15, 0.2) is 42.5 Å². The van der Waals surface area contributed by atoms with Crippen LogP contribution in [0.3, 0.4) is 0 Å². The van der Waals surface area contributed by atoms with Crippen LogP contribution in [0.5, 0.6) is 0 Å². The average molecular weight is 372 g/mol. The van der Waals surface area contributed by atoms with Gasteiger partial charge in [-0.25, -0.2) is 0 Å². The van der Waals surface area contributed by atoms with Gasteiger partial charge in [-0.1, -0.05) is 30.3 Å². The molecule has 1 amide bonds. The number of nitrogens with zero attached hydrogens (tertiary/aromatic N) is 2. The van der Waals surface area contributed by atoms with Crippen molar-refractivity contribution in [1.29, 1.82) is 0 Å². The number of aryl methyl sites for hydroxylation is 1. The molecule has 0 spiro atoms. The molecule has 26 heavy (non-hydrogen) atoms. The molecule has 0 radical (unpaired) electrons. The number of amides is 1. The molecule has 5 heteroatoms. The fraction of sp³-hybridized carbons (Fsp3) is 0.476. The Bertz CT molecular complexity index is 680. The molecule has 1 aromatic heterocycles. The third-order valence-corrected chi connectivity index (χ3v) is 5.78. The lowest BCUT2D eigenvalue weighted by Gasteiger charge is -2.23. The first-order valence-corrected chi connectivity index (χ1v) is 10.3. The highest BCUT2D eigenvalue weighted by molar-refractivity contribution is 7.11. The highest BCUT2D eigenvalue weighted by Crippen LogP contribution is 2.18. The Morgan fingerprint density at radius 1 is 1.12 bits per heavy atom. The molecule has 0 bridgehead atoms. The predicted molar refractivity (Wildman–Crippen MR) is 108 cm³/mol. The van der Waals surface area contributed by atoms with Gasteiger partial charge in [0, 0.05) is 29.4 Å². The molecular formula is C21H29N3OS. The Hall–Kier alpha value is -1.69. The molecule has 2 aromatic rings. The normalized spacial score (nSPS) is 14.7. The molecule has 0 unspecified atom stereocenters. The van der Waals surface area contributed by atoms with Gasteiger partial charge in [-0.15, -0.1) is 11.3 Å². The Morgan fingerprint density at radius 2 is 1.88 bits per heavy atom. The van der Waals surface area contributed by atoms with Gasteiger partial charge in [-0.3, -0.25) is 4.79 Å². The van der Waals surface area contributed by atoms with Crippen molar-refractivity contribution in [3.63, 3.8) is 0 Å². The molecule has 4 nitrogen and oxygen atoms in total. The maximum absolute atomic E-state index is 12.8. The summed E-state index contributed by atoms with van der Waals surface area (Å²) >= 11 is 1.77. The van der Waals surface area contributed by atoms with E-state index in [1.165, 1.54) is 41.2 Å². The fourth-order valence-electron chi connectivity index (χ4n) is 3.34. The summed E-state index contributed by atoms with van der Waals surface area (Å²) in [6, 6.07) is 14.5. The van der Waals surface area contributed by atoms with Crippen LogP contribution in [0.2, 0.25) is 0 Å². The number of nitrogens with one attached hydrogen (secondary N) is 1. The molecule has 0 aliphatic carbocycles. The number of hydrogen-bond acceptors (Lipinski definition) is 4. The van der Waals surface area contributed by atoms with Crippen LogP contribution in [0.4, 0.5) is 0 Å². The summed E-state index contributed by atoms with van der Waals surface area (Å²) in [5.41, 5.74) is 1.17. The van der Waals surface area contributed by atoms with E-state index in [4.69, 9.17) is 0 Å². The Labute approximate surface area is 160 Å². The molecule has 1 aliphatic rings. The molecule has 1 saturated heterocycles. The molecule has 1 aromatic carbocycles. The number of carbonyl (C=O) groups is 1. The van der Waals surface area contributed by atoms with Crippen molar-refractivity contribution in [3.05, 3.63) is 57.8 Å². The second-order valence-electron chi connectivity index (χ2n) is 6.97. The van der Waals surface area contributed by atoms with E-state index >= 15 is 0 Å². The maximum atomic E-state index is 12.8. The largest absolute Gasteiger partial charge is 0.332 e. The van der Waals surface area contributed by atoms with Gasteiger partial charge in [0.2, 0.25) is 5.91 Å². The zero-order chi connectivity index (χ0) is 18.2. The zero-order valence-corrected chi connectivity index (χ0v) is 16.4. The van der Waals surface area contributed by atoms with Crippen molar-refractivity contribution in [1.82, 2.24) is 15.1 Å². The van der Waals surface area contributed by atoms with E-state index in [-0.39, 0.29) is 5.91 Å². The zero-order valence-electron chi connectivity index (χ0n) is 15.6. The van der Waals surface area contributed by atoms with Crippen LogP contribution in [-0.2, 0) is 17.9 Å². The van der Waals surface area contributed by atoms with E-state index in [1.54, 1.807) is 11.3 Å². The van der Waals surface area contributed by atoms with Gasteiger partial charge < -0.3 is 15.1 Å². The van der Waals surface area contributed by atoms with Gasteiger partial charge in [0.05, 0.1) is 13.1 Å². The molecule has 0 atom stereocenters. The fourth-order valence-corrected chi connectivity index (χ4v) is 4.25. The molecule has 3 rings (SSSR count). The SMILES string of the molecule is Cc1ccc(CN(Cc2ccccc2)C(=O)CNCCN2CCCC2)s1. The van der Waals surface area contributed by atoms with Gasteiger partial charge in [0.1, 0.15) is 0 Å². The summed E-state index contributed by atoms with van der Waals surface area (Å²) in [7, 11) is 0. The second kappa shape index (κ2) is 9.86. The average Bonchev–Trinajstić information content (AvgIpc) is 3.30. The number of carbonyl (C=O) groups excluding carboxylic acids is 1. The number of rotatable bonds is 9. The Balaban J connectivity index is 1.53. The van der Waals surface area contributed by atoms with E-state index in [2.05, 4.69) is 41.4 Å². The van der Waals surface area contributed by atoms with Crippen LogP contribution in [-0.4, -0.2) is 48.4 Å². The van der Waals surface area contributed by atoms with E-state index in [1.807, 2.05) is 23.1 Å². The topological polar surface area (TPSA) is 35.6 Å². The van der Waals surface area contributed by atoms with Crippen LogP contribution in [0, 0.1) is 6.92 Å². The summed E-state index contributed by atoms with van der Waals surface area (Å²) in [6.45, 7) is 8.17. The van der Waals surface area contributed by atoms with E-state index in [0.717, 1.165) is 13.1 Å². The van der Waals surface area contributed by atoms with Gasteiger partial charge in [-0.05, 0) is 50.6 Å². The molecule has 1 N–H and O–H groups in total. The standard InChI is InChI=1S/C21H29N3OS/c1-18-9-10-20(26-18)17-24(16-19-7-3-2-4-8-19)21(25)15-22-11-14-23-12-5-6-13-23/h2-4,7-10,22H,5-6,11-17H2,1H3. The van der Waals surface area contributed by atoms with Crippen LogP contribution < -0.4 is 5.32 Å². The van der Waals surface area contributed by atoms with Crippen molar-refractivity contribution < 1.29 is 4.79 Å². The van der Waals surface area contributed by atoms with Gasteiger partial charge in [-0.2, -0.15) is 0 Å². The summed E-state index contributed by atoms with van der Waals surface area (Å²) in [5, 5.41) is 3.34. The first kappa shape index (κ1) is 19.1. The number of benzene rings is 1. The molecule has 1 fully saturated rings. The molecule has 2 heterocycles. The number of hydrogen-bond donors (Lipinski definition) is 1. The first-order chi connectivity index (χ1) is 12.7. The van der Waals surface area contributed by atoms with E-state index in [0.29, 0.717) is 19.6 Å². The first-order valence-electron chi connectivity index (χ1n) is 9.51. The van der Waals surface area contributed by atoms with Crippen LogP contribution >= 0.6 is 11.3 Å². The second-order valence-corrected chi connectivity index (χ2v) is 8.35. The summed E-state index contributed by atoms with van der Waals surface area (Å²) in [6.07, 6.45) is 2.62. The third kappa shape index (κ3) is 5.94.